The van der Waals surface area contributed by atoms with Crippen molar-refractivity contribution >= 4 is 39.6 Å². The number of fused-ring (bicyclic) bond motifs is 3. The van der Waals surface area contributed by atoms with Crippen molar-refractivity contribution in [2.45, 2.75) is 24.8 Å². The molecule has 0 aromatic heterocycles. The maximum absolute atomic E-state index is 12.5. The van der Waals surface area contributed by atoms with Crippen molar-refractivity contribution in [1.29, 1.82) is 0 Å². The SMILES string of the molecule is CSSCCNC(=O)C(CCC(=O)O)NC(=O)OCC1c2ccccc2-c2ccccc21. The maximum Gasteiger partial charge on any atom is 0.407 e. The molecule has 0 spiro atoms. The molecule has 0 heterocycles. The van der Waals surface area contributed by atoms with Crippen LogP contribution in [-0.4, -0.2) is 54.3 Å². The van der Waals surface area contributed by atoms with Crippen molar-refractivity contribution in [3.8, 4) is 11.1 Å². The van der Waals surface area contributed by atoms with E-state index in [2.05, 4.69) is 22.8 Å². The van der Waals surface area contributed by atoms with E-state index in [0.29, 0.717) is 12.3 Å². The molecule has 1 unspecified atom stereocenters. The fourth-order valence-corrected chi connectivity index (χ4v) is 4.84. The van der Waals surface area contributed by atoms with Gasteiger partial charge in [-0.2, -0.15) is 0 Å². The highest BCUT2D eigenvalue weighted by Gasteiger charge is 2.29. The van der Waals surface area contributed by atoms with Crippen LogP contribution in [0.25, 0.3) is 11.1 Å². The lowest BCUT2D eigenvalue weighted by atomic mass is 9.98. The Bertz CT molecular complexity index is 923. The number of hydrogen-bond donors (Lipinski definition) is 3. The first-order valence-corrected chi connectivity index (χ1v) is 13.0. The Hall–Kier alpha value is -2.65. The third-order valence-corrected chi connectivity index (χ3v) is 7.02. The molecule has 3 rings (SSSR count). The van der Waals surface area contributed by atoms with E-state index in [1.165, 1.54) is 0 Å². The fourth-order valence-electron chi connectivity index (χ4n) is 3.74. The van der Waals surface area contributed by atoms with E-state index in [9.17, 15) is 14.4 Å². The highest BCUT2D eigenvalue weighted by atomic mass is 33.1. The summed E-state index contributed by atoms with van der Waals surface area (Å²) in [4.78, 5) is 35.9. The van der Waals surface area contributed by atoms with Crippen molar-refractivity contribution in [2.24, 2.45) is 0 Å². The number of rotatable bonds is 11. The minimum Gasteiger partial charge on any atom is -0.481 e. The number of ether oxygens (including phenoxy) is 1. The van der Waals surface area contributed by atoms with E-state index in [4.69, 9.17) is 9.84 Å². The first-order valence-electron chi connectivity index (χ1n) is 10.3. The summed E-state index contributed by atoms with van der Waals surface area (Å²) in [6.45, 7) is 0.553. The molecule has 1 atom stereocenters. The molecule has 7 nitrogen and oxygen atoms in total. The molecule has 32 heavy (non-hydrogen) atoms. The number of carboxylic acids is 1. The smallest absolute Gasteiger partial charge is 0.407 e. The number of carbonyl (C=O) groups is 3. The normalized spacial score (nSPS) is 13.0. The summed E-state index contributed by atoms with van der Waals surface area (Å²) in [7, 11) is 3.19. The van der Waals surface area contributed by atoms with Crippen LogP contribution in [-0.2, 0) is 14.3 Å². The van der Waals surface area contributed by atoms with E-state index in [1.807, 2.05) is 42.7 Å². The third kappa shape index (κ3) is 6.20. The zero-order valence-electron chi connectivity index (χ0n) is 17.7. The third-order valence-electron chi connectivity index (χ3n) is 5.20. The molecule has 0 saturated carbocycles. The number of nitrogens with one attached hydrogen (secondary N) is 2. The van der Waals surface area contributed by atoms with Crippen LogP contribution in [0.3, 0.4) is 0 Å². The van der Waals surface area contributed by atoms with Crippen LogP contribution in [0.5, 0.6) is 0 Å². The lowest BCUT2D eigenvalue weighted by molar-refractivity contribution is -0.137. The van der Waals surface area contributed by atoms with Gasteiger partial charge in [0, 0.05) is 24.6 Å². The van der Waals surface area contributed by atoms with Gasteiger partial charge in [-0.25, -0.2) is 4.79 Å². The molecule has 1 aliphatic rings. The minimum atomic E-state index is -1.03. The second-order valence-corrected chi connectivity index (χ2v) is 9.92. The summed E-state index contributed by atoms with van der Waals surface area (Å²) in [5.74, 6) is -0.830. The van der Waals surface area contributed by atoms with Gasteiger partial charge in [0.25, 0.3) is 0 Å². The largest absolute Gasteiger partial charge is 0.481 e. The molecule has 1 aliphatic carbocycles. The van der Waals surface area contributed by atoms with Gasteiger partial charge in [-0.1, -0.05) is 70.1 Å². The highest BCUT2D eigenvalue weighted by Crippen LogP contribution is 2.44. The number of alkyl carbamates (subject to hydrolysis) is 1. The molecular weight excluding hydrogens is 448 g/mol. The molecule has 0 aliphatic heterocycles. The number of aliphatic carboxylic acids is 1. The first kappa shape index (κ1) is 24.0. The van der Waals surface area contributed by atoms with Crippen LogP contribution in [0.1, 0.15) is 29.9 Å². The van der Waals surface area contributed by atoms with E-state index in [0.717, 1.165) is 22.3 Å². The minimum absolute atomic E-state index is 0.0129. The molecule has 0 saturated heterocycles. The summed E-state index contributed by atoms with van der Waals surface area (Å²) in [6.07, 6.45) is 0.958. The van der Waals surface area contributed by atoms with Gasteiger partial charge in [0.15, 0.2) is 0 Å². The van der Waals surface area contributed by atoms with E-state index < -0.39 is 24.0 Å². The van der Waals surface area contributed by atoms with Crippen LogP contribution >= 0.6 is 21.6 Å². The number of carboxylic acid groups (broad SMARTS) is 1. The van der Waals surface area contributed by atoms with Crippen molar-refractivity contribution in [3.63, 3.8) is 0 Å². The standard InChI is InChI=1S/C23H26N2O5S2/c1-31-32-13-12-24-22(28)20(10-11-21(26)27)25-23(29)30-14-19-17-8-4-2-6-15(17)16-7-3-5-9-18(16)19/h2-9,19-20H,10-14H2,1H3,(H,24,28)(H,25,29)(H,26,27). The van der Waals surface area contributed by atoms with Crippen LogP contribution in [0.15, 0.2) is 48.5 Å². The highest BCUT2D eigenvalue weighted by molar-refractivity contribution is 8.76. The van der Waals surface area contributed by atoms with Crippen molar-refractivity contribution in [1.82, 2.24) is 10.6 Å². The van der Waals surface area contributed by atoms with Crippen molar-refractivity contribution in [2.75, 3.05) is 25.2 Å². The molecule has 2 aromatic carbocycles. The number of amides is 2. The number of benzene rings is 2. The summed E-state index contributed by atoms with van der Waals surface area (Å²) < 4.78 is 5.49. The van der Waals surface area contributed by atoms with E-state index in [-0.39, 0.29) is 25.4 Å². The van der Waals surface area contributed by atoms with Crippen molar-refractivity contribution < 1.29 is 24.2 Å². The average molecular weight is 475 g/mol. The molecule has 0 radical (unpaired) electrons. The van der Waals surface area contributed by atoms with E-state index >= 15 is 0 Å². The molecular formula is C23H26N2O5S2. The van der Waals surface area contributed by atoms with Gasteiger partial charge in [-0.3, -0.25) is 9.59 Å². The average Bonchev–Trinajstić information content (AvgIpc) is 3.11. The Balaban J connectivity index is 1.61. The molecule has 2 amide bonds. The quantitative estimate of drug-likeness (QED) is 0.335. The predicted octanol–water partition coefficient (Wildman–Crippen LogP) is 3.89. The summed E-state index contributed by atoms with van der Waals surface area (Å²) >= 11 is 0. The Labute approximate surface area is 195 Å². The zero-order valence-corrected chi connectivity index (χ0v) is 19.3. The Kier molecular flexibility index (Phi) is 8.87. The van der Waals surface area contributed by atoms with Crippen LogP contribution in [0, 0.1) is 0 Å². The van der Waals surface area contributed by atoms with Gasteiger partial charge in [0.1, 0.15) is 12.6 Å². The molecule has 2 aromatic rings. The Morgan fingerprint density at radius 2 is 1.69 bits per heavy atom. The second kappa shape index (κ2) is 11.8. The van der Waals surface area contributed by atoms with Crippen LogP contribution in [0.4, 0.5) is 4.79 Å². The monoisotopic (exact) mass is 474 g/mol. The predicted molar refractivity (Wildman–Crippen MR) is 128 cm³/mol. The summed E-state index contributed by atoms with van der Waals surface area (Å²) in [5, 5.41) is 14.2. The first-order chi connectivity index (χ1) is 15.5. The lowest BCUT2D eigenvalue weighted by Gasteiger charge is -2.19. The molecule has 3 N–H and O–H groups in total. The number of hydrogen-bond acceptors (Lipinski definition) is 6. The number of carbonyl (C=O) groups excluding carboxylic acids is 2. The van der Waals surface area contributed by atoms with Gasteiger partial charge in [-0.05, 0) is 34.9 Å². The topological polar surface area (TPSA) is 105 Å². The maximum atomic E-state index is 12.5. The van der Waals surface area contributed by atoms with Gasteiger partial charge < -0.3 is 20.5 Å². The van der Waals surface area contributed by atoms with Gasteiger partial charge in [0.2, 0.25) is 5.91 Å². The van der Waals surface area contributed by atoms with E-state index in [1.54, 1.807) is 21.6 Å². The summed E-state index contributed by atoms with van der Waals surface area (Å²) in [6, 6.07) is 15.1. The summed E-state index contributed by atoms with van der Waals surface area (Å²) in [5.41, 5.74) is 4.43. The van der Waals surface area contributed by atoms with Crippen LogP contribution in [0.2, 0.25) is 0 Å². The molecule has 9 heteroatoms. The lowest BCUT2D eigenvalue weighted by Crippen LogP contribution is -2.47. The molecule has 0 bridgehead atoms. The Morgan fingerprint density at radius 1 is 1.06 bits per heavy atom. The van der Waals surface area contributed by atoms with Gasteiger partial charge in [-0.15, -0.1) is 0 Å². The molecule has 170 valence electrons. The van der Waals surface area contributed by atoms with Gasteiger partial charge >= 0.3 is 12.1 Å². The van der Waals surface area contributed by atoms with Gasteiger partial charge in [0.05, 0.1) is 0 Å². The molecule has 0 fully saturated rings. The zero-order chi connectivity index (χ0) is 22.9. The fraction of sp³-hybridized carbons (Fsp3) is 0.348. The Morgan fingerprint density at radius 3 is 2.28 bits per heavy atom. The second-order valence-electron chi connectivity index (χ2n) is 7.23. The van der Waals surface area contributed by atoms with Crippen LogP contribution < -0.4 is 10.6 Å². The van der Waals surface area contributed by atoms with Crippen molar-refractivity contribution in [3.05, 3.63) is 59.7 Å².